The fraction of sp³-hybridized carbons (Fsp3) is 0.333. The molecule has 2 radical (unpaired) electrons. The van der Waals surface area contributed by atoms with Crippen molar-refractivity contribution in [3.8, 4) is 0 Å². The van der Waals surface area contributed by atoms with Crippen LogP contribution in [-0.2, 0) is 26.2 Å². The van der Waals surface area contributed by atoms with Crippen LogP contribution in [0.1, 0.15) is 63.8 Å². The van der Waals surface area contributed by atoms with Crippen LogP contribution in [0, 0.1) is 0 Å². The van der Waals surface area contributed by atoms with E-state index in [0.29, 0.717) is 0 Å². The van der Waals surface area contributed by atoms with Gasteiger partial charge in [-0.05, 0) is 0 Å². The molecule has 40 heavy (non-hydrogen) atoms. The molecule has 6 rings (SSSR count). The number of hydrogen-bond donors (Lipinski definition) is 0. The van der Waals surface area contributed by atoms with Gasteiger partial charge in [-0.2, -0.15) is 0 Å². The zero-order chi connectivity index (χ0) is 28.3. The van der Waals surface area contributed by atoms with Gasteiger partial charge in [0.25, 0.3) is 0 Å². The normalized spacial score (nSPS) is 15.9. The van der Waals surface area contributed by atoms with Crippen molar-refractivity contribution in [2.45, 2.75) is 78.8 Å². The van der Waals surface area contributed by atoms with Crippen molar-refractivity contribution in [1.82, 2.24) is 9.80 Å². The second-order valence-corrected chi connectivity index (χ2v) is 22.0. The quantitative estimate of drug-likeness (QED) is 0.232. The van der Waals surface area contributed by atoms with Gasteiger partial charge >= 0.3 is 267 Å². The van der Waals surface area contributed by atoms with E-state index in [1.54, 1.807) is 35.3 Å². The first-order valence-electron chi connectivity index (χ1n) is 14.3. The first-order valence-corrected chi connectivity index (χ1v) is 21.3. The molecule has 0 atom stereocenters. The Morgan fingerprint density at radius 2 is 0.625 bits per heavy atom. The van der Waals surface area contributed by atoms with E-state index in [0.717, 1.165) is 26.2 Å². The first kappa shape index (κ1) is 30.0. The summed E-state index contributed by atoms with van der Waals surface area (Å²) in [7, 11) is 0. The zero-order valence-corrected chi connectivity index (χ0v) is 31.8. The summed E-state index contributed by atoms with van der Waals surface area (Å²) >= 11 is -1.53. The summed E-state index contributed by atoms with van der Waals surface area (Å²) in [5, 5.41) is 0. The van der Waals surface area contributed by atoms with Gasteiger partial charge in [-0.1, -0.05) is 0 Å². The molecule has 0 saturated heterocycles. The van der Waals surface area contributed by atoms with Crippen molar-refractivity contribution < 1.29 is 0 Å². The molecule has 2 heterocycles. The molecule has 206 valence electrons. The Hall–Kier alpha value is -1.43. The van der Waals surface area contributed by atoms with Crippen molar-refractivity contribution in [2.24, 2.45) is 0 Å². The Balaban J connectivity index is 0.000000161. The number of nitrogens with zero attached hydrogens (tertiary/aromatic N) is 2. The summed E-state index contributed by atoms with van der Waals surface area (Å²) in [6, 6.07) is 36.3. The Kier molecular flexibility index (Phi) is 9.64. The number of rotatable bonds is 0. The van der Waals surface area contributed by atoms with Crippen LogP contribution < -0.4 is 13.1 Å². The maximum absolute atomic E-state index is 2.60. The Morgan fingerprint density at radius 3 is 0.850 bits per heavy atom. The average Bonchev–Trinajstić information content (AvgIpc) is 2.88. The van der Waals surface area contributed by atoms with Gasteiger partial charge in [0.2, 0.25) is 0 Å². The molecule has 4 aromatic rings. The van der Waals surface area contributed by atoms with Crippen LogP contribution in [0.4, 0.5) is 0 Å². The second-order valence-electron chi connectivity index (χ2n) is 12.8. The molecular weight excluding hydrogens is 878 g/mol. The fourth-order valence-electron chi connectivity index (χ4n) is 5.16. The van der Waals surface area contributed by atoms with E-state index in [4.69, 9.17) is 0 Å². The molecule has 4 heteroatoms. The third-order valence-corrected chi connectivity index (χ3v) is 18.3. The molecule has 0 aliphatic carbocycles. The Labute approximate surface area is 265 Å². The van der Waals surface area contributed by atoms with Crippen LogP contribution in [0.25, 0.3) is 0 Å². The number of benzene rings is 4. The van der Waals surface area contributed by atoms with E-state index in [1.165, 1.54) is 0 Å². The predicted molar refractivity (Wildman–Crippen MR) is 174 cm³/mol. The van der Waals surface area contributed by atoms with E-state index in [2.05, 4.69) is 148 Å². The monoisotopic (exact) mass is 920 g/mol. The minimum atomic E-state index is -0.766. The molecule has 4 aromatic carbocycles. The third kappa shape index (κ3) is 7.49. The summed E-state index contributed by atoms with van der Waals surface area (Å²) < 4.78 is 6.59. The molecule has 2 aliphatic rings. The van der Waals surface area contributed by atoms with Gasteiger partial charge in [-0.15, -0.1) is 0 Å². The van der Waals surface area contributed by atoms with Gasteiger partial charge in [0.05, 0.1) is 0 Å². The zero-order valence-electron chi connectivity index (χ0n) is 24.9. The van der Waals surface area contributed by atoms with Crippen molar-refractivity contribution >= 4 is 59.6 Å². The Bertz CT molecular complexity index is 1240. The van der Waals surface area contributed by atoms with Gasteiger partial charge in [-0.3, -0.25) is 0 Å². The van der Waals surface area contributed by atoms with Gasteiger partial charge < -0.3 is 0 Å². The molecular formula is C36H42Bi2N2. The molecule has 0 bridgehead atoms. The Morgan fingerprint density at radius 1 is 0.400 bits per heavy atom. The van der Waals surface area contributed by atoms with Crippen molar-refractivity contribution in [3.05, 3.63) is 119 Å². The summed E-state index contributed by atoms with van der Waals surface area (Å²) in [4.78, 5) is 5.20. The topological polar surface area (TPSA) is 6.48 Å². The van der Waals surface area contributed by atoms with Crippen LogP contribution >= 0.6 is 0 Å². The molecule has 0 spiro atoms. The third-order valence-electron chi connectivity index (χ3n) is 7.79. The van der Waals surface area contributed by atoms with Crippen LogP contribution in [0.3, 0.4) is 0 Å². The van der Waals surface area contributed by atoms with Crippen LogP contribution in [0.5, 0.6) is 0 Å². The van der Waals surface area contributed by atoms with Crippen LogP contribution in [0.15, 0.2) is 97.1 Å². The van der Waals surface area contributed by atoms with Crippen LogP contribution in [0.2, 0.25) is 0 Å². The maximum atomic E-state index is 2.60. The molecule has 2 nitrogen and oxygen atoms in total. The molecule has 0 unspecified atom stereocenters. The summed E-state index contributed by atoms with van der Waals surface area (Å²) in [6.07, 6.45) is 0. The van der Waals surface area contributed by atoms with Crippen molar-refractivity contribution in [2.75, 3.05) is 0 Å². The fourth-order valence-corrected chi connectivity index (χ4v) is 14.2. The first-order chi connectivity index (χ1) is 19.1. The average molecular weight is 921 g/mol. The van der Waals surface area contributed by atoms with Gasteiger partial charge in [-0.25, -0.2) is 0 Å². The van der Waals surface area contributed by atoms with Crippen molar-refractivity contribution in [1.29, 1.82) is 0 Å². The van der Waals surface area contributed by atoms with Gasteiger partial charge in [0.1, 0.15) is 0 Å². The van der Waals surface area contributed by atoms with E-state index in [-0.39, 0.29) is 11.1 Å². The molecule has 0 fully saturated rings. The van der Waals surface area contributed by atoms with E-state index >= 15 is 0 Å². The standard InChI is InChI=1S/2C18H21N.2Bi/c2*1-18(2,3)19(14-16-10-6-4-7-11-16)15-17-12-8-5-9-13-17;;/h2*4-10,12H,14-15H2,1-3H3;;. The molecule has 2 aliphatic heterocycles. The molecule has 0 aromatic heterocycles. The van der Waals surface area contributed by atoms with Crippen molar-refractivity contribution in [3.63, 3.8) is 0 Å². The number of hydrogen-bond acceptors (Lipinski definition) is 2. The summed E-state index contributed by atoms with van der Waals surface area (Å²) in [5.74, 6) is 0. The van der Waals surface area contributed by atoms with E-state index in [9.17, 15) is 0 Å². The van der Waals surface area contributed by atoms with Gasteiger partial charge in [0, 0.05) is 0 Å². The molecule has 0 saturated carbocycles. The molecule has 0 amide bonds. The second kappa shape index (κ2) is 12.8. The summed E-state index contributed by atoms with van der Waals surface area (Å²) in [6.45, 7) is 18.2. The minimum absolute atomic E-state index is 0.198. The summed E-state index contributed by atoms with van der Waals surface area (Å²) in [5.41, 5.74) is 6.59. The van der Waals surface area contributed by atoms with Gasteiger partial charge in [0.15, 0.2) is 0 Å². The van der Waals surface area contributed by atoms with E-state index in [1.807, 2.05) is 0 Å². The number of fused-ring (bicyclic) bond motifs is 4. The SMILES string of the molecule is CC(C)(C)N1Cc2cccc[c]2[Bi][c]2ccccc2C1.CC(C)(C)N1Cc2cccc[c]2[Bi][c]2ccccc2C1. The molecule has 0 N–H and O–H groups in total. The van der Waals surface area contributed by atoms with Crippen LogP contribution in [-0.4, -0.2) is 67.3 Å². The predicted octanol–water partition coefficient (Wildman–Crippen LogP) is 4.91. The van der Waals surface area contributed by atoms with E-state index < -0.39 is 46.5 Å².